The van der Waals surface area contributed by atoms with Gasteiger partial charge in [0.1, 0.15) is 11.8 Å². The third-order valence-electron chi connectivity index (χ3n) is 4.71. The van der Waals surface area contributed by atoms with Gasteiger partial charge in [-0.05, 0) is 37.8 Å². The molecule has 0 aliphatic heterocycles. The third-order valence-corrected chi connectivity index (χ3v) is 4.71. The maximum absolute atomic E-state index is 12.5. The van der Waals surface area contributed by atoms with E-state index in [1.165, 1.54) is 7.11 Å². The molecule has 9 nitrogen and oxygen atoms in total. The first-order valence-electron chi connectivity index (χ1n) is 9.14. The van der Waals surface area contributed by atoms with E-state index in [-0.39, 0.29) is 18.1 Å². The van der Waals surface area contributed by atoms with Crippen molar-refractivity contribution in [1.29, 1.82) is 0 Å². The van der Waals surface area contributed by atoms with E-state index >= 15 is 0 Å². The van der Waals surface area contributed by atoms with E-state index in [0.717, 1.165) is 25.7 Å². The van der Waals surface area contributed by atoms with Gasteiger partial charge < -0.3 is 19.2 Å². The Labute approximate surface area is 161 Å². The minimum absolute atomic E-state index is 0.0229. The Bertz CT molecular complexity index is 916. The van der Waals surface area contributed by atoms with Gasteiger partial charge in [0, 0.05) is 24.5 Å². The molecule has 1 aliphatic carbocycles. The van der Waals surface area contributed by atoms with Crippen LogP contribution in [-0.2, 0) is 0 Å². The molecule has 2 N–H and O–H groups in total. The Balaban J connectivity index is 1.29. The molecule has 0 atom stereocenters. The minimum Gasteiger partial charge on any atom is -0.477 e. The minimum atomic E-state index is -0.200. The van der Waals surface area contributed by atoms with Crippen molar-refractivity contribution in [2.45, 2.75) is 37.8 Å². The number of aromatic nitrogens is 4. The average molecular weight is 383 g/mol. The molecule has 1 fully saturated rings. The predicted molar refractivity (Wildman–Crippen MR) is 99.0 cm³/mol. The summed E-state index contributed by atoms with van der Waals surface area (Å²) in [5.74, 6) is 1.22. The van der Waals surface area contributed by atoms with Gasteiger partial charge in [-0.15, -0.1) is 0 Å². The van der Waals surface area contributed by atoms with Gasteiger partial charge in [-0.1, -0.05) is 0 Å². The topological polar surface area (TPSA) is 115 Å². The average Bonchev–Trinajstić information content (AvgIpc) is 3.42. The highest BCUT2D eigenvalue weighted by molar-refractivity contribution is 5.93. The molecule has 3 heterocycles. The normalized spacial score (nSPS) is 19.2. The number of H-pyrrole nitrogens is 1. The number of aromatic amines is 1. The molecule has 0 bridgehead atoms. The summed E-state index contributed by atoms with van der Waals surface area (Å²) in [6, 6.07) is 5.36. The highest BCUT2D eigenvalue weighted by atomic mass is 16.5. The van der Waals surface area contributed by atoms with Crippen LogP contribution in [0.5, 0.6) is 11.8 Å². The number of furan rings is 1. The van der Waals surface area contributed by atoms with Crippen molar-refractivity contribution in [2.24, 2.45) is 0 Å². The molecule has 146 valence electrons. The molecule has 1 saturated carbocycles. The van der Waals surface area contributed by atoms with Crippen molar-refractivity contribution in [3.63, 3.8) is 0 Å². The number of nitrogens with one attached hydrogen (secondary N) is 2. The third kappa shape index (κ3) is 3.98. The van der Waals surface area contributed by atoms with E-state index in [0.29, 0.717) is 28.9 Å². The molecule has 3 aromatic rings. The Morgan fingerprint density at radius 1 is 1.21 bits per heavy atom. The fraction of sp³-hybridized carbons (Fsp3) is 0.368. The fourth-order valence-corrected chi connectivity index (χ4v) is 3.27. The van der Waals surface area contributed by atoms with Crippen LogP contribution >= 0.6 is 0 Å². The molecule has 4 rings (SSSR count). The van der Waals surface area contributed by atoms with Crippen molar-refractivity contribution in [3.8, 4) is 23.2 Å². The zero-order valence-corrected chi connectivity index (χ0v) is 15.4. The molecular formula is C19H21N5O4. The van der Waals surface area contributed by atoms with E-state index in [4.69, 9.17) is 13.9 Å². The number of hydrogen-bond acceptors (Lipinski definition) is 7. The number of methoxy groups -OCH3 is 1. The van der Waals surface area contributed by atoms with Crippen LogP contribution in [-0.4, -0.2) is 45.3 Å². The maximum Gasteiger partial charge on any atom is 0.278 e. The van der Waals surface area contributed by atoms with Gasteiger partial charge in [-0.3, -0.25) is 9.89 Å². The number of rotatable bonds is 6. The number of ether oxygens (including phenoxy) is 2. The summed E-state index contributed by atoms with van der Waals surface area (Å²) in [6.45, 7) is 0. The summed E-state index contributed by atoms with van der Waals surface area (Å²) in [7, 11) is 1.54. The molecule has 9 heteroatoms. The van der Waals surface area contributed by atoms with E-state index in [1.807, 2.05) is 6.07 Å². The molecule has 0 unspecified atom stereocenters. The Morgan fingerprint density at radius 2 is 2.00 bits per heavy atom. The smallest absolute Gasteiger partial charge is 0.278 e. The largest absolute Gasteiger partial charge is 0.477 e. The highest BCUT2D eigenvalue weighted by Gasteiger charge is 2.26. The SMILES string of the molecule is COc1nccnc1OC1CCC(NC(=O)c2cc(-c3ccco3)[nH]n2)CC1. The summed E-state index contributed by atoms with van der Waals surface area (Å²) in [4.78, 5) is 20.7. The van der Waals surface area contributed by atoms with Gasteiger partial charge in [0.25, 0.3) is 17.7 Å². The molecule has 1 aliphatic rings. The van der Waals surface area contributed by atoms with E-state index < -0.39 is 0 Å². The first-order valence-corrected chi connectivity index (χ1v) is 9.14. The van der Waals surface area contributed by atoms with Crippen molar-refractivity contribution in [3.05, 3.63) is 42.5 Å². The van der Waals surface area contributed by atoms with Crippen molar-refractivity contribution in [2.75, 3.05) is 7.11 Å². The number of carbonyl (C=O) groups excluding carboxylic acids is 1. The van der Waals surface area contributed by atoms with Gasteiger partial charge in [-0.2, -0.15) is 5.10 Å². The molecule has 3 aromatic heterocycles. The number of hydrogen-bond donors (Lipinski definition) is 2. The number of amides is 1. The lowest BCUT2D eigenvalue weighted by Gasteiger charge is -2.29. The van der Waals surface area contributed by atoms with Gasteiger partial charge >= 0.3 is 0 Å². The van der Waals surface area contributed by atoms with E-state index in [2.05, 4.69) is 25.5 Å². The second-order valence-electron chi connectivity index (χ2n) is 6.58. The first kappa shape index (κ1) is 18.0. The van der Waals surface area contributed by atoms with Crippen molar-refractivity contribution >= 4 is 5.91 Å². The van der Waals surface area contributed by atoms with Crippen LogP contribution < -0.4 is 14.8 Å². The van der Waals surface area contributed by atoms with E-state index in [1.54, 1.807) is 30.8 Å². The van der Waals surface area contributed by atoms with Crippen LogP contribution in [0.3, 0.4) is 0 Å². The van der Waals surface area contributed by atoms with Crippen LogP contribution in [0.25, 0.3) is 11.5 Å². The molecule has 28 heavy (non-hydrogen) atoms. The van der Waals surface area contributed by atoms with E-state index in [9.17, 15) is 4.79 Å². The Kier molecular flexibility index (Phi) is 5.22. The monoisotopic (exact) mass is 383 g/mol. The standard InChI is InChI=1S/C19H21N5O4/c1-26-18-19(21-9-8-20-18)28-13-6-4-12(5-7-13)22-17(25)15-11-14(23-24-15)16-3-2-10-27-16/h2-3,8-13H,4-7H2,1H3,(H,22,25)(H,23,24). The van der Waals surface area contributed by atoms with Gasteiger partial charge in [0.2, 0.25) is 0 Å². The first-order chi connectivity index (χ1) is 13.7. The summed E-state index contributed by atoms with van der Waals surface area (Å²) in [5, 5.41) is 9.94. The Morgan fingerprint density at radius 3 is 2.71 bits per heavy atom. The summed E-state index contributed by atoms with van der Waals surface area (Å²) in [5.41, 5.74) is 1.01. The summed E-state index contributed by atoms with van der Waals surface area (Å²) >= 11 is 0. The quantitative estimate of drug-likeness (QED) is 0.672. The second kappa shape index (κ2) is 8.12. The zero-order chi connectivity index (χ0) is 19.3. The predicted octanol–water partition coefficient (Wildman–Crippen LogP) is 2.59. The Hall–Kier alpha value is -3.36. The van der Waals surface area contributed by atoms with Gasteiger partial charge in [0.15, 0.2) is 11.5 Å². The highest BCUT2D eigenvalue weighted by Crippen LogP contribution is 2.27. The van der Waals surface area contributed by atoms with Crippen molar-refractivity contribution in [1.82, 2.24) is 25.5 Å². The van der Waals surface area contributed by atoms with Crippen molar-refractivity contribution < 1.29 is 18.7 Å². The molecule has 0 spiro atoms. The lowest BCUT2D eigenvalue weighted by atomic mass is 9.93. The number of nitrogens with zero attached hydrogens (tertiary/aromatic N) is 3. The zero-order valence-electron chi connectivity index (χ0n) is 15.4. The van der Waals surface area contributed by atoms with Crippen LogP contribution in [0.4, 0.5) is 0 Å². The molecule has 0 aromatic carbocycles. The number of carbonyl (C=O) groups is 1. The molecule has 0 radical (unpaired) electrons. The second-order valence-corrected chi connectivity index (χ2v) is 6.58. The van der Waals surface area contributed by atoms with Crippen LogP contribution in [0.2, 0.25) is 0 Å². The van der Waals surface area contributed by atoms with Gasteiger partial charge in [0.05, 0.1) is 13.4 Å². The van der Waals surface area contributed by atoms with Crippen LogP contribution in [0.1, 0.15) is 36.2 Å². The lowest BCUT2D eigenvalue weighted by molar-refractivity contribution is 0.0881. The molecule has 1 amide bonds. The molecule has 0 saturated heterocycles. The summed E-state index contributed by atoms with van der Waals surface area (Å²) < 4.78 is 16.4. The van der Waals surface area contributed by atoms with Crippen LogP contribution in [0.15, 0.2) is 41.3 Å². The fourth-order valence-electron chi connectivity index (χ4n) is 3.27. The lowest BCUT2D eigenvalue weighted by Crippen LogP contribution is -2.39. The molecular weight excluding hydrogens is 362 g/mol. The van der Waals surface area contributed by atoms with Gasteiger partial charge in [-0.25, -0.2) is 9.97 Å². The van der Waals surface area contributed by atoms with Crippen LogP contribution in [0, 0.1) is 0 Å². The maximum atomic E-state index is 12.5. The summed E-state index contributed by atoms with van der Waals surface area (Å²) in [6.07, 6.45) is 7.98.